The van der Waals surface area contributed by atoms with Crippen LogP contribution in [0.15, 0.2) is 30.5 Å². The van der Waals surface area contributed by atoms with E-state index in [4.69, 9.17) is 0 Å². The van der Waals surface area contributed by atoms with E-state index >= 15 is 0 Å². The first kappa shape index (κ1) is 22.3. The van der Waals surface area contributed by atoms with Crippen molar-refractivity contribution in [2.75, 3.05) is 12.8 Å². The van der Waals surface area contributed by atoms with Crippen LogP contribution in [0.1, 0.15) is 28.8 Å². The number of nitrogens with zero attached hydrogens (tertiary/aromatic N) is 2. The van der Waals surface area contributed by atoms with E-state index < -0.39 is 26.8 Å². The number of benzene rings is 1. The molecule has 0 bridgehead atoms. The van der Waals surface area contributed by atoms with Crippen molar-refractivity contribution in [3.63, 3.8) is 0 Å². The van der Waals surface area contributed by atoms with Crippen molar-refractivity contribution in [3.05, 3.63) is 47.0 Å². The average Bonchev–Trinajstić information content (AvgIpc) is 3.43. The molecule has 2 N–H and O–H groups in total. The third-order valence-electron chi connectivity index (χ3n) is 4.97. The molecule has 168 valence electrons. The predicted molar refractivity (Wildman–Crippen MR) is 119 cm³/mol. The maximum atomic E-state index is 14.7. The molecule has 2 aromatic heterocycles. The highest BCUT2D eigenvalue weighted by Crippen LogP contribution is 2.34. The Bertz CT molecular complexity index is 1300. The zero-order valence-corrected chi connectivity index (χ0v) is 19.0. The number of amides is 2. The van der Waals surface area contributed by atoms with Gasteiger partial charge in [0, 0.05) is 35.3 Å². The van der Waals surface area contributed by atoms with E-state index in [0.717, 1.165) is 36.1 Å². The van der Waals surface area contributed by atoms with Gasteiger partial charge >= 0.3 is 0 Å². The molecule has 0 spiro atoms. The third-order valence-corrected chi connectivity index (χ3v) is 7.50. The van der Waals surface area contributed by atoms with Crippen molar-refractivity contribution >= 4 is 43.2 Å². The lowest BCUT2D eigenvalue weighted by Gasteiger charge is -2.12. The number of rotatable bonds is 7. The van der Waals surface area contributed by atoms with Crippen molar-refractivity contribution in [2.45, 2.75) is 31.1 Å². The number of pyridine rings is 1. The highest BCUT2D eigenvalue weighted by Gasteiger charge is 2.34. The van der Waals surface area contributed by atoms with Crippen LogP contribution in [0.5, 0.6) is 0 Å². The number of thiazole rings is 1. The molecule has 1 fully saturated rings. The Morgan fingerprint density at radius 2 is 2.03 bits per heavy atom. The second-order valence-electron chi connectivity index (χ2n) is 7.81. The number of hydrogen-bond acceptors (Lipinski definition) is 7. The molecule has 0 aliphatic heterocycles. The fourth-order valence-corrected chi connectivity index (χ4v) is 5.70. The Balaban J connectivity index is 1.63. The van der Waals surface area contributed by atoms with Gasteiger partial charge in [0.1, 0.15) is 10.8 Å². The van der Waals surface area contributed by atoms with Gasteiger partial charge in [-0.15, -0.1) is 11.3 Å². The molecule has 1 aliphatic carbocycles. The normalized spacial score (nSPS) is 14.8. The van der Waals surface area contributed by atoms with Crippen molar-refractivity contribution in [1.82, 2.24) is 20.6 Å². The van der Waals surface area contributed by atoms with Crippen molar-refractivity contribution in [1.29, 1.82) is 0 Å². The molecule has 4 rings (SSSR count). The van der Waals surface area contributed by atoms with Crippen LogP contribution in [-0.2, 0) is 19.4 Å². The van der Waals surface area contributed by atoms with Gasteiger partial charge in [-0.3, -0.25) is 14.6 Å². The van der Waals surface area contributed by atoms with Gasteiger partial charge in [0.15, 0.2) is 15.1 Å². The Kier molecular flexibility index (Phi) is 5.95. The first-order valence-electron chi connectivity index (χ1n) is 9.91. The topological polar surface area (TPSA) is 118 Å². The van der Waals surface area contributed by atoms with Crippen LogP contribution in [0.2, 0.25) is 0 Å². The van der Waals surface area contributed by atoms with E-state index in [9.17, 15) is 22.4 Å². The minimum Gasteiger partial charge on any atom is -0.352 e. The van der Waals surface area contributed by atoms with Crippen molar-refractivity contribution in [2.24, 2.45) is 0 Å². The van der Waals surface area contributed by atoms with Crippen LogP contribution < -0.4 is 10.6 Å². The van der Waals surface area contributed by atoms with E-state index in [1.807, 2.05) is 6.92 Å². The highest BCUT2D eigenvalue weighted by molar-refractivity contribution is 7.91. The van der Waals surface area contributed by atoms with Gasteiger partial charge in [-0.25, -0.2) is 17.8 Å². The van der Waals surface area contributed by atoms with E-state index in [0.29, 0.717) is 15.8 Å². The summed E-state index contributed by atoms with van der Waals surface area (Å²) in [5.74, 6) is -1.73. The van der Waals surface area contributed by atoms with Gasteiger partial charge in [0.25, 0.3) is 0 Å². The van der Waals surface area contributed by atoms with Gasteiger partial charge in [-0.2, -0.15) is 0 Å². The van der Waals surface area contributed by atoms with Crippen LogP contribution in [0.25, 0.3) is 21.3 Å². The van der Waals surface area contributed by atoms with E-state index in [1.165, 1.54) is 12.1 Å². The second kappa shape index (κ2) is 8.55. The lowest BCUT2D eigenvalue weighted by atomic mass is 10.1. The fraction of sp³-hybridized carbons (Fsp3) is 0.333. The first-order valence-corrected chi connectivity index (χ1v) is 12.7. The zero-order valence-electron chi connectivity index (χ0n) is 17.4. The van der Waals surface area contributed by atoms with Crippen molar-refractivity contribution in [3.8, 4) is 11.1 Å². The van der Waals surface area contributed by atoms with E-state index in [2.05, 4.69) is 20.6 Å². The molecule has 2 amide bonds. The SMILES string of the molecule is Cc1ccc(-c2cc3nc(C(C(=O)NCC(=O)NC4CC4)S(C)(=O)=O)sc3cc2F)cn1. The molecule has 0 radical (unpaired) electrons. The number of fused-ring (bicyclic) bond motifs is 1. The number of sulfone groups is 1. The monoisotopic (exact) mass is 476 g/mol. The first-order chi connectivity index (χ1) is 15.1. The summed E-state index contributed by atoms with van der Waals surface area (Å²) in [6, 6.07) is 6.40. The molecule has 11 heteroatoms. The molecule has 1 unspecified atom stereocenters. The number of hydrogen-bond donors (Lipinski definition) is 2. The average molecular weight is 477 g/mol. The summed E-state index contributed by atoms with van der Waals surface area (Å²) >= 11 is 0.929. The zero-order chi connectivity index (χ0) is 23.0. The number of aryl methyl sites for hydroxylation is 1. The lowest BCUT2D eigenvalue weighted by molar-refractivity contribution is -0.126. The van der Waals surface area contributed by atoms with Crippen LogP contribution in [0.3, 0.4) is 0 Å². The van der Waals surface area contributed by atoms with Crippen LogP contribution in [0, 0.1) is 12.7 Å². The maximum Gasteiger partial charge on any atom is 0.245 e. The minimum absolute atomic E-state index is 0.0150. The maximum absolute atomic E-state index is 14.7. The van der Waals surface area contributed by atoms with E-state index in [-0.39, 0.29) is 29.1 Å². The lowest BCUT2D eigenvalue weighted by Crippen LogP contribution is -2.41. The predicted octanol–water partition coefficient (Wildman–Crippen LogP) is 2.29. The van der Waals surface area contributed by atoms with Gasteiger partial charge < -0.3 is 10.6 Å². The Labute approximate surface area is 188 Å². The molecule has 0 saturated heterocycles. The summed E-state index contributed by atoms with van der Waals surface area (Å²) in [6.07, 6.45) is 4.27. The summed E-state index contributed by atoms with van der Waals surface area (Å²) in [5.41, 5.74) is 2.00. The quantitative estimate of drug-likeness (QED) is 0.540. The number of aromatic nitrogens is 2. The van der Waals surface area contributed by atoms with Gasteiger partial charge in [-0.1, -0.05) is 6.07 Å². The summed E-state index contributed by atoms with van der Waals surface area (Å²) in [5, 5.41) is 3.51. The van der Waals surface area contributed by atoms with Gasteiger partial charge in [0.2, 0.25) is 11.8 Å². The summed E-state index contributed by atoms with van der Waals surface area (Å²) < 4.78 is 39.9. The summed E-state index contributed by atoms with van der Waals surface area (Å²) in [6.45, 7) is 1.49. The van der Waals surface area contributed by atoms with Gasteiger partial charge in [-0.05, 0) is 38.0 Å². The molecule has 1 saturated carbocycles. The Hall–Kier alpha value is -2.92. The minimum atomic E-state index is -3.90. The third kappa shape index (κ3) is 4.94. The number of nitrogens with one attached hydrogen (secondary N) is 2. The number of carbonyl (C=O) groups excluding carboxylic acids is 2. The molecule has 3 aromatic rings. The summed E-state index contributed by atoms with van der Waals surface area (Å²) in [4.78, 5) is 33.0. The Morgan fingerprint density at radius 3 is 2.66 bits per heavy atom. The van der Waals surface area contributed by atoms with Gasteiger partial charge in [0.05, 0.1) is 16.8 Å². The molecule has 1 atom stereocenters. The molecule has 1 aliphatic rings. The molecular formula is C21H21FN4O4S2. The van der Waals surface area contributed by atoms with E-state index in [1.54, 1.807) is 18.3 Å². The molecular weight excluding hydrogens is 455 g/mol. The summed E-state index contributed by atoms with van der Waals surface area (Å²) in [7, 11) is -3.90. The largest absolute Gasteiger partial charge is 0.352 e. The number of halogens is 1. The molecule has 2 heterocycles. The van der Waals surface area contributed by atoms with Crippen LogP contribution in [0.4, 0.5) is 4.39 Å². The molecule has 8 nitrogen and oxygen atoms in total. The standard InChI is InChI=1S/C21H21FN4O4S2/c1-11-3-4-12(9-23-11)14-7-16-17(8-15(14)22)31-21(26-16)19(32(2,29)30)20(28)24-10-18(27)25-13-5-6-13/h3-4,7-9,13,19H,5-6,10H2,1-2H3,(H,24,28)(H,25,27). The number of carbonyl (C=O) groups is 2. The van der Waals surface area contributed by atoms with Crippen LogP contribution in [-0.4, -0.2) is 49.0 Å². The second-order valence-corrected chi connectivity index (χ2v) is 11.0. The Morgan fingerprint density at radius 1 is 1.28 bits per heavy atom. The van der Waals surface area contributed by atoms with Crippen molar-refractivity contribution < 1.29 is 22.4 Å². The molecule has 32 heavy (non-hydrogen) atoms. The highest BCUT2D eigenvalue weighted by atomic mass is 32.2. The fourth-order valence-electron chi connectivity index (χ4n) is 3.18. The van der Waals surface area contributed by atoms with Crippen LogP contribution >= 0.6 is 11.3 Å². The molecule has 1 aromatic carbocycles. The smallest absolute Gasteiger partial charge is 0.245 e.